The lowest BCUT2D eigenvalue weighted by Crippen LogP contribution is -2.13. The first-order valence-electron chi connectivity index (χ1n) is 6.67. The number of aryl methyl sites for hydroxylation is 1. The smallest absolute Gasteiger partial charge is 0.342 e. The van der Waals surface area contributed by atoms with E-state index in [1.165, 1.54) is 11.3 Å². The number of nitrogen functional groups attached to an aromatic ring is 1. The molecule has 1 aromatic carbocycles. The van der Waals surface area contributed by atoms with Crippen molar-refractivity contribution in [2.45, 2.75) is 26.9 Å². The minimum atomic E-state index is -0.390. The van der Waals surface area contributed by atoms with Crippen molar-refractivity contribution in [2.75, 3.05) is 12.8 Å². The molecule has 112 valence electrons. The molecule has 2 aromatic rings. The first kappa shape index (κ1) is 15.4. The van der Waals surface area contributed by atoms with Crippen molar-refractivity contribution >= 4 is 22.3 Å². The van der Waals surface area contributed by atoms with Gasteiger partial charge in [0.2, 0.25) is 0 Å². The molecule has 5 heteroatoms. The molecule has 0 spiro atoms. The summed E-state index contributed by atoms with van der Waals surface area (Å²) in [6.07, 6.45) is -0.183. The summed E-state index contributed by atoms with van der Waals surface area (Å²) < 4.78 is 10.6. The number of hydrogen-bond acceptors (Lipinski definition) is 5. The van der Waals surface area contributed by atoms with Crippen molar-refractivity contribution in [3.63, 3.8) is 0 Å². The fourth-order valence-electron chi connectivity index (χ4n) is 2.06. The molecule has 0 fully saturated rings. The number of carbonyl (C=O) groups excluding carboxylic acids is 1. The monoisotopic (exact) mass is 305 g/mol. The van der Waals surface area contributed by atoms with Crippen LogP contribution in [0, 0.1) is 6.92 Å². The van der Waals surface area contributed by atoms with E-state index in [2.05, 4.69) is 0 Å². The van der Waals surface area contributed by atoms with E-state index >= 15 is 0 Å². The van der Waals surface area contributed by atoms with Crippen molar-refractivity contribution in [2.24, 2.45) is 0 Å². The topological polar surface area (TPSA) is 61.5 Å². The molecule has 1 aromatic heterocycles. The first-order valence-corrected chi connectivity index (χ1v) is 7.55. The number of thiophene rings is 1. The first-order chi connectivity index (χ1) is 9.93. The molecular formula is C16H19NO3S. The molecule has 0 amide bonds. The average Bonchev–Trinajstić information content (AvgIpc) is 2.80. The van der Waals surface area contributed by atoms with Crippen molar-refractivity contribution in [3.05, 3.63) is 34.7 Å². The standard InChI is InChI=1S/C16H19NO3S/c1-9(2)20-16(18)14-12(8-21-15(14)17)11-6-5-10(3)13(7-11)19-4/h5-9H,17H2,1-4H3. The van der Waals surface area contributed by atoms with Crippen LogP contribution in [0.3, 0.4) is 0 Å². The van der Waals surface area contributed by atoms with Crippen molar-refractivity contribution in [1.29, 1.82) is 0 Å². The van der Waals surface area contributed by atoms with Gasteiger partial charge in [0.15, 0.2) is 0 Å². The van der Waals surface area contributed by atoms with E-state index in [4.69, 9.17) is 15.2 Å². The predicted molar refractivity (Wildman–Crippen MR) is 86.0 cm³/mol. The summed E-state index contributed by atoms with van der Waals surface area (Å²) in [6.45, 7) is 5.60. The van der Waals surface area contributed by atoms with Crippen LogP contribution in [-0.4, -0.2) is 19.2 Å². The number of carbonyl (C=O) groups is 1. The van der Waals surface area contributed by atoms with Gasteiger partial charge < -0.3 is 15.2 Å². The van der Waals surface area contributed by atoms with Crippen molar-refractivity contribution < 1.29 is 14.3 Å². The zero-order valence-corrected chi connectivity index (χ0v) is 13.4. The summed E-state index contributed by atoms with van der Waals surface area (Å²) in [5, 5.41) is 2.34. The van der Waals surface area contributed by atoms with Crippen molar-refractivity contribution in [3.8, 4) is 16.9 Å². The van der Waals surface area contributed by atoms with E-state index in [1.807, 2.05) is 44.4 Å². The lowest BCUT2D eigenvalue weighted by Gasteiger charge is -2.11. The van der Waals surface area contributed by atoms with E-state index in [0.29, 0.717) is 10.6 Å². The number of benzene rings is 1. The number of nitrogens with two attached hydrogens (primary N) is 1. The van der Waals surface area contributed by atoms with E-state index in [1.54, 1.807) is 7.11 Å². The van der Waals surface area contributed by atoms with Gasteiger partial charge in [-0.15, -0.1) is 11.3 Å². The summed E-state index contributed by atoms with van der Waals surface area (Å²) in [5.74, 6) is 0.388. The van der Waals surface area contributed by atoms with Gasteiger partial charge >= 0.3 is 5.97 Å². The highest BCUT2D eigenvalue weighted by Gasteiger charge is 2.21. The molecule has 2 rings (SSSR count). The largest absolute Gasteiger partial charge is 0.496 e. The predicted octanol–water partition coefficient (Wildman–Crippen LogP) is 3.88. The van der Waals surface area contributed by atoms with Gasteiger partial charge in [0.25, 0.3) is 0 Å². The van der Waals surface area contributed by atoms with Gasteiger partial charge in [0, 0.05) is 10.9 Å². The lowest BCUT2D eigenvalue weighted by molar-refractivity contribution is 0.0380. The SMILES string of the molecule is COc1cc(-c2csc(N)c2C(=O)OC(C)C)ccc1C. The Balaban J connectivity index is 2.48. The van der Waals surface area contributed by atoms with E-state index in [0.717, 1.165) is 22.4 Å². The van der Waals surface area contributed by atoms with Crippen LogP contribution < -0.4 is 10.5 Å². The van der Waals surface area contributed by atoms with Gasteiger partial charge in [-0.25, -0.2) is 4.79 Å². The third kappa shape index (κ3) is 3.19. The number of ether oxygens (including phenoxy) is 2. The van der Waals surface area contributed by atoms with Crippen LogP contribution in [-0.2, 0) is 4.74 Å². The quantitative estimate of drug-likeness (QED) is 0.871. The van der Waals surface area contributed by atoms with Crippen LogP contribution in [0.5, 0.6) is 5.75 Å². The molecule has 21 heavy (non-hydrogen) atoms. The Morgan fingerprint density at radius 1 is 1.33 bits per heavy atom. The third-order valence-electron chi connectivity index (χ3n) is 3.09. The molecular weight excluding hydrogens is 286 g/mol. The fourth-order valence-corrected chi connectivity index (χ4v) is 2.87. The van der Waals surface area contributed by atoms with Crippen LogP contribution in [0.15, 0.2) is 23.6 Å². The second-order valence-electron chi connectivity index (χ2n) is 5.03. The number of esters is 1. The van der Waals surface area contributed by atoms with Gasteiger partial charge in [0.05, 0.1) is 13.2 Å². The van der Waals surface area contributed by atoms with Gasteiger partial charge in [-0.2, -0.15) is 0 Å². The fraction of sp³-hybridized carbons (Fsp3) is 0.312. The summed E-state index contributed by atoms with van der Waals surface area (Å²) >= 11 is 1.34. The molecule has 0 saturated carbocycles. The molecule has 0 saturated heterocycles. The summed E-state index contributed by atoms with van der Waals surface area (Å²) in [5.41, 5.74) is 9.08. The van der Waals surface area contributed by atoms with Crippen LogP contribution >= 0.6 is 11.3 Å². The molecule has 0 bridgehead atoms. The Labute approximate surface area is 128 Å². The molecule has 0 aliphatic carbocycles. The zero-order chi connectivity index (χ0) is 15.6. The van der Waals surface area contributed by atoms with Crippen LogP contribution in [0.25, 0.3) is 11.1 Å². The van der Waals surface area contributed by atoms with Crippen LogP contribution in [0.1, 0.15) is 29.8 Å². The lowest BCUT2D eigenvalue weighted by atomic mass is 10.0. The molecule has 0 aliphatic heterocycles. The number of hydrogen-bond donors (Lipinski definition) is 1. The number of anilines is 1. The number of rotatable bonds is 4. The van der Waals surface area contributed by atoms with Crippen LogP contribution in [0.4, 0.5) is 5.00 Å². The minimum Gasteiger partial charge on any atom is -0.496 e. The maximum Gasteiger partial charge on any atom is 0.342 e. The highest BCUT2D eigenvalue weighted by molar-refractivity contribution is 7.14. The zero-order valence-electron chi connectivity index (χ0n) is 12.6. The minimum absolute atomic E-state index is 0.183. The van der Waals surface area contributed by atoms with E-state index in [9.17, 15) is 4.79 Å². The molecule has 0 aliphatic rings. The van der Waals surface area contributed by atoms with Gasteiger partial charge in [0.1, 0.15) is 16.3 Å². The van der Waals surface area contributed by atoms with Gasteiger partial charge in [-0.1, -0.05) is 12.1 Å². The van der Waals surface area contributed by atoms with Gasteiger partial charge in [-0.05, 0) is 38.0 Å². The molecule has 0 radical (unpaired) electrons. The molecule has 4 nitrogen and oxygen atoms in total. The van der Waals surface area contributed by atoms with E-state index < -0.39 is 5.97 Å². The summed E-state index contributed by atoms with van der Waals surface area (Å²) in [4.78, 5) is 12.2. The second kappa shape index (κ2) is 6.18. The second-order valence-corrected chi connectivity index (χ2v) is 5.94. The summed E-state index contributed by atoms with van der Waals surface area (Å²) in [6, 6.07) is 5.81. The van der Waals surface area contributed by atoms with Crippen molar-refractivity contribution in [1.82, 2.24) is 0 Å². The Kier molecular flexibility index (Phi) is 4.53. The summed E-state index contributed by atoms with van der Waals surface area (Å²) in [7, 11) is 1.63. The number of methoxy groups -OCH3 is 1. The normalized spacial score (nSPS) is 10.7. The Morgan fingerprint density at radius 2 is 2.05 bits per heavy atom. The van der Waals surface area contributed by atoms with Crippen LogP contribution in [0.2, 0.25) is 0 Å². The maximum absolute atomic E-state index is 12.2. The molecule has 2 N–H and O–H groups in total. The molecule has 0 unspecified atom stereocenters. The maximum atomic E-state index is 12.2. The highest BCUT2D eigenvalue weighted by atomic mass is 32.1. The molecule has 0 atom stereocenters. The highest BCUT2D eigenvalue weighted by Crippen LogP contribution is 2.36. The Bertz CT molecular complexity index is 662. The Morgan fingerprint density at radius 3 is 2.67 bits per heavy atom. The molecule has 1 heterocycles. The van der Waals surface area contributed by atoms with E-state index in [-0.39, 0.29) is 6.10 Å². The van der Waals surface area contributed by atoms with Gasteiger partial charge in [-0.3, -0.25) is 0 Å². The third-order valence-corrected chi connectivity index (χ3v) is 3.90. The Hall–Kier alpha value is -2.01. The average molecular weight is 305 g/mol.